The molecular weight excluding hydrogens is 192 g/mol. The van der Waals surface area contributed by atoms with Gasteiger partial charge >= 0.3 is 0 Å². The van der Waals surface area contributed by atoms with Crippen LogP contribution in [0, 0.1) is 0 Å². The molecule has 80 valence electrons. The number of ketones is 1. The van der Waals surface area contributed by atoms with Gasteiger partial charge in [-0.15, -0.1) is 0 Å². The molecule has 1 aliphatic rings. The second-order valence-corrected chi connectivity index (χ2v) is 4.02. The molecule has 0 amide bonds. The van der Waals surface area contributed by atoms with E-state index >= 15 is 0 Å². The van der Waals surface area contributed by atoms with Crippen molar-refractivity contribution in [3.05, 3.63) is 23.8 Å². The molecule has 1 aromatic carbocycles. The topological polar surface area (TPSA) is 46.5 Å². The quantitative estimate of drug-likeness (QED) is 0.823. The Morgan fingerprint density at radius 3 is 2.60 bits per heavy atom. The van der Waals surface area contributed by atoms with Gasteiger partial charge in [0.05, 0.1) is 12.5 Å². The molecular formula is C12H14O3. The number of hydrogen-bond donors (Lipinski definition) is 1. The van der Waals surface area contributed by atoms with Gasteiger partial charge in [0.25, 0.3) is 0 Å². The van der Waals surface area contributed by atoms with Gasteiger partial charge in [-0.25, -0.2) is 0 Å². The molecule has 0 aromatic heterocycles. The number of rotatable bonds is 3. The van der Waals surface area contributed by atoms with Crippen molar-refractivity contribution in [3.8, 4) is 11.5 Å². The first-order chi connectivity index (χ1) is 7.10. The summed E-state index contributed by atoms with van der Waals surface area (Å²) < 4.78 is 5.19. The van der Waals surface area contributed by atoms with Crippen molar-refractivity contribution in [2.75, 3.05) is 7.11 Å². The van der Waals surface area contributed by atoms with Gasteiger partial charge in [0.2, 0.25) is 0 Å². The van der Waals surface area contributed by atoms with Crippen LogP contribution in [-0.4, -0.2) is 18.0 Å². The Labute approximate surface area is 88.7 Å². The first kappa shape index (κ1) is 10.0. The highest BCUT2D eigenvalue weighted by molar-refractivity contribution is 5.92. The fraction of sp³-hybridized carbons (Fsp3) is 0.417. The minimum Gasteiger partial charge on any atom is -0.508 e. The number of methoxy groups -OCH3 is 1. The van der Waals surface area contributed by atoms with Crippen LogP contribution in [0.25, 0.3) is 0 Å². The second-order valence-electron chi connectivity index (χ2n) is 4.02. The van der Waals surface area contributed by atoms with Gasteiger partial charge < -0.3 is 9.84 Å². The lowest BCUT2D eigenvalue weighted by atomic mass is 9.91. The van der Waals surface area contributed by atoms with E-state index in [1.54, 1.807) is 32.2 Å². The van der Waals surface area contributed by atoms with Crippen molar-refractivity contribution < 1.29 is 14.6 Å². The summed E-state index contributed by atoms with van der Waals surface area (Å²) >= 11 is 0. The summed E-state index contributed by atoms with van der Waals surface area (Å²) in [7, 11) is 1.55. The number of phenols is 1. The maximum absolute atomic E-state index is 11.6. The normalized spacial score (nSPS) is 17.2. The molecule has 15 heavy (non-hydrogen) atoms. The van der Waals surface area contributed by atoms with E-state index in [0.29, 0.717) is 5.75 Å². The molecule has 0 atom stereocenters. The number of Topliss-reactive ketones (excluding diaryl/α,β-unsaturated/α-hetero) is 1. The number of phenolic OH excluding ortho intramolecular Hbond substituents is 1. The Bertz CT molecular complexity index is 405. The predicted octanol–water partition coefficient (Wildman–Crippen LogP) is 2.02. The number of carbonyl (C=O) groups is 1. The van der Waals surface area contributed by atoms with Gasteiger partial charge in [-0.1, -0.05) is 6.07 Å². The van der Waals surface area contributed by atoms with Gasteiger partial charge in [0.1, 0.15) is 17.3 Å². The molecule has 0 unspecified atom stereocenters. The van der Waals surface area contributed by atoms with Gasteiger partial charge in [-0.3, -0.25) is 4.79 Å². The van der Waals surface area contributed by atoms with Crippen molar-refractivity contribution in [3.63, 3.8) is 0 Å². The summed E-state index contributed by atoms with van der Waals surface area (Å²) in [5.41, 5.74) is 0.550. The third-order valence-corrected chi connectivity index (χ3v) is 3.12. The summed E-state index contributed by atoms with van der Waals surface area (Å²) in [5.74, 6) is 0.934. The molecule has 0 aliphatic heterocycles. The number of ether oxygens (including phenoxy) is 1. The number of hydrogen-bond acceptors (Lipinski definition) is 3. The number of benzene rings is 1. The Morgan fingerprint density at radius 2 is 2.13 bits per heavy atom. The molecule has 0 radical (unpaired) electrons. The average molecular weight is 206 g/mol. The van der Waals surface area contributed by atoms with Crippen molar-refractivity contribution in [2.24, 2.45) is 0 Å². The van der Waals surface area contributed by atoms with E-state index in [-0.39, 0.29) is 16.9 Å². The average Bonchev–Trinajstić information content (AvgIpc) is 2.98. The largest absolute Gasteiger partial charge is 0.508 e. The molecule has 1 fully saturated rings. The number of aromatic hydroxyl groups is 1. The molecule has 0 bridgehead atoms. The smallest absolute Gasteiger partial charge is 0.140 e. The van der Waals surface area contributed by atoms with E-state index in [9.17, 15) is 9.90 Å². The maximum Gasteiger partial charge on any atom is 0.140 e. The van der Waals surface area contributed by atoms with Crippen molar-refractivity contribution >= 4 is 5.78 Å². The molecule has 0 heterocycles. The van der Waals surface area contributed by atoms with Crippen LogP contribution < -0.4 is 4.74 Å². The first-order valence-electron chi connectivity index (χ1n) is 4.99. The van der Waals surface area contributed by atoms with Gasteiger partial charge in [0.15, 0.2) is 0 Å². The predicted molar refractivity (Wildman–Crippen MR) is 56.3 cm³/mol. The zero-order chi connectivity index (χ0) is 11.1. The molecule has 1 aliphatic carbocycles. The number of carbonyl (C=O) groups excluding carboxylic acids is 1. The molecule has 1 saturated carbocycles. The highest BCUT2D eigenvalue weighted by Gasteiger charge is 2.50. The zero-order valence-electron chi connectivity index (χ0n) is 8.91. The van der Waals surface area contributed by atoms with Crippen LogP contribution in [0.3, 0.4) is 0 Å². The fourth-order valence-corrected chi connectivity index (χ4v) is 2.01. The van der Waals surface area contributed by atoms with Gasteiger partial charge in [-0.2, -0.15) is 0 Å². The van der Waals surface area contributed by atoms with Crippen LogP contribution in [0.1, 0.15) is 25.3 Å². The highest BCUT2D eigenvalue weighted by atomic mass is 16.5. The van der Waals surface area contributed by atoms with E-state index in [1.807, 2.05) is 0 Å². The lowest BCUT2D eigenvalue weighted by molar-refractivity contribution is -0.119. The van der Waals surface area contributed by atoms with Gasteiger partial charge in [0, 0.05) is 11.6 Å². The fourth-order valence-electron chi connectivity index (χ4n) is 2.01. The second kappa shape index (κ2) is 3.26. The van der Waals surface area contributed by atoms with Crippen LogP contribution in [-0.2, 0) is 10.2 Å². The molecule has 1 aromatic rings. The SMILES string of the molecule is COc1cc(O)ccc1C1(C(C)=O)CC1. The summed E-state index contributed by atoms with van der Waals surface area (Å²) in [6.45, 7) is 1.61. The lowest BCUT2D eigenvalue weighted by Gasteiger charge is -2.15. The molecule has 3 nitrogen and oxygen atoms in total. The van der Waals surface area contributed by atoms with Crippen LogP contribution in [0.15, 0.2) is 18.2 Å². The summed E-state index contributed by atoms with van der Waals surface area (Å²) in [5, 5.41) is 9.33. The molecule has 3 heteroatoms. The summed E-state index contributed by atoms with van der Waals surface area (Å²) in [6, 6.07) is 4.93. The van der Waals surface area contributed by atoms with Crippen LogP contribution in [0.5, 0.6) is 11.5 Å². The van der Waals surface area contributed by atoms with Gasteiger partial charge in [-0.05, 0) is 25.8 Å². The van der Waals surface area contributed by atoms with Crippen molar-refractivity contribution in [1.82, 2.24) is 0 Å². The van der Waals surface area contributed by atoms with Crippen LogP contribution in [0.2, 0.25) is 0 Å². The van der Waals surface area contributed by atoms with E-state index in [2.05, 4.69) is 0 Å². The maximum atomic E-state index is 11.6. The Morgan fingerprint density at radius 1 is 1.47 bits per heavy atom. The molecule has 1 N–H and O–H groups in total. The van der Waals surface area contributed by atoms with Crippen molar-refractivity contribution in [1.29, 1.82) is 0 Å². The third kappa shape index (κ3) is 1.48. The Kier molecular flexibility index (Phi) is 2.18. The lowest BCUT2D eigenvalue weighted by Crippen LogP contribution is -2.17. The molecule has 0 saturated heterocycles. The molecule has 2 rings (SSSR count). The van der Waals surface area contributed by atoms with E-state index in [1.165, 1.54) is 0 Å². The standard InChI is InChI=1S/C12H14O3/c1-8(13)12(5-6-12)10-4-3-9(14)7-11(10)15-2/h3-4,7,14H,5-6H2,1-2H3. The van der Waals surface area contributed by atoms with Crippen LogP contribution >= 0.6 is 0 Å². The van der Waals surface area contributed by atoms with Crippen LogP contribution in [0.4, 0.5) is 0 Å². The van der Waals surface area contributed by atoms with E-state index in [0.717, 1.165) is 18.4 Å². The first-order valence-corrected chi connectivity index (χ1v) is 4.99. The minimum atomic E-state index is -0.348. The van der Waals surface area contributed by atoms with E-state index in [4.69, 9.17) is 4.74 Å². The zero-order valence-corrected chi connectivity index (χ0v) is 8.91. The highest BCUT2D eigenvalue weighted by Crippen LogP contribution is 2.52. The summed E-state index contributed by atoms with van der Waals surface area (Å²) in [4.78, 5) is 11.6. The van der Waals surface area contributed by atoms with E-state index < -0.39 is 0 Å². The third-order valence-electron chi connectivity index (χ3n) is 3.12. The Hall–Kier alpha value is -1.51. The summed E-state index contributed by atoms with van der Waals surface area (Å²) in [6.07, 6.45) is 1.76. The molecule has 0 spiro atoms. The monoisotopic (exact) mass is 206 g/mol. The Balaban J connectivity index is 2.48. The minimum absolute atomic E-state index is 0.162. The van der Waals surface area contributed by atoms with Crippen molar-refractivity contribution in [2.45, 2.75) is 25.2 Å².